The van der Waals surface area contributed by atoms with E-state index >= 15 is 0 Å². The summed E-state index contributed by atoms with van der Waals surface area (Å²) in [5.41, 5.74) is 0. The van der Waals surface area contributed by atoms with Crippen LogP contribution in [0.4, 0.5) is 0 Å². The first kappa shape index (κ1) is 10.7. The Morgan fingerprint density at radius 3 is 3.00 bits per heavy atom. The molecule has 1 aliphatic carbocycles. The predicted octanol–water partition coefficient (Wildman–Crippen LogP) is 2.14. The molecule has 1 saturated carbocycles. The molecule has 1 rings (SSSR count). The summed E-state index contributed by atoms with van der Waals surface area (Å²) in [5.74, 6) is 0.806. The minimum Gasteiger partial charge on any atom is -0.316 e. The van der Waals surface area contributed by atoms with Gasteiger partial charge in [0.05, 0.1) is 0 Å². The van der Waals surface area contributed by atoms with E-state index in [0.717, 1.165) is 32.4 Å². The van der Waals surface area contributed by atoms with Gasteiger partial charge in [0.2, 0.25) is 0 Å². The van der Waals surface area contributed by atoms with Crippen LogP contribution in [0.15, 0.2) is 0 Å². The molecule has 0 radical (unpaired) electrons. The first-order valence-electron chi connectivity index (χ1n) is 5.58. The van der Waals surface area contributed by atoms with Crippen molar-refractivity contribution in [2.24, 2.45) is 5.92 Å². The highest BCUT2D eigenvalue weighted by atomic mass is 16.1. The maximum absolute atomic E-state index is 11.4. The first-order valence-corrected chi connectivity index (χ1v) is 5.58. The number of ketones is 1. The van der Waals surface area contributed by atoms with E-state index in [9.17, 15) is 4.79 Å². The molecule has 2 nitrogen and oxygen atoms in total. The van der Waals surface area contributed by atoms with Crippen LogP contribution in [-0.2, 0) is 4.79 Å². The standard InChI is InChI=1S/C11H21NO/c1-2-3-8-12-9-10-6-4-5-7-11(10)13/h10,12H,2-9H2,1H3. The van der Waals surface area contributed by atoms with E-state index in [1.807, 2.05) is 0 Å². The molecule has 76 valence electrons. The van der Waals surface area contributed by atoms with E-state index in [1.54, 1.807) is 0 Å². The lowest BCUT2D eigenvalue weighted by molar-refractivity contribution is -0.124. The summed E-state index contributed by atoms with van der Waals surface area (Å²) in [4.78, 5) is 11.4. The Labute approximate surface area is 81.1 Å². The van der Waals surface area contributed by atoms with Crippen LogP contribution in [0.3, 0.4) is 0 Å². The van der Waals surface area contributed by atoms with Crippen molar-refractivity contribution in [1.82, 2.24) is 5.32 Å². The average molecular weight is 183 g/mol. The highest BCUT2D eigenvalue weighted by Crippen LogP contribution is 2.19. The molecule has 2 heteroatoms. The van der Waals surface area contributed by atoms with E-state index in [0.29, 0.717) is 11.7 Å². The van der Waals surface area contributed by atoms with E-state index in [2.05, 4.69) is 12.2 Å². The minimum absolute atomic E-state index is 0.325. The average Bonchev–Trinajstić information content (AvgIpc) is 2.15. The Morgan fingerprint density at radius 1 is 1.46 bits per heavy atom. The van der Waals surface area contributed by atoms with Gasteiger partial charge < -0.3 is 5.32 Å². The third-order valence-corrected chi connectivity index (χ3v) is 2.78. The van der Waals surface area contributed by atoms with E-state index in [4.69, 9.17) is 0 Å². The Morgan fingerprint density at radius 2 is 2.31 bits per heavy atom. The molecule has 0 spiro atoms. The molecule has 0 aromatic rings. The highest BCUT2D eigenvalue weighted by Gasteiger charge is 2.20. The second-order valence-electron chi connectivity index (χ2n) is 3.97. The van der Waals surface area contributed by atoms with Crippen molar-refractivity contribution in [3.8, 4) is 0 Å². The van der Waals surface area contributed by atoms with Crippen LogP contribution >= 0.6 is 0 Å². The SMILES string of the molecule is CCCCNCC1CCCCC1=O. The Kier molecular flexibility index (Phi) is 5.06. The van der Waals surface area contributed by atoms with Crippen molar-refractivity contribution in [2.75, 3.05) is 13.1 Å². The maximum atomic E-state index is 11.4. The van der Waals surface area contributed by atoms with Crippen LogP contribution in [0.25, 0.3) is 0 Å². The fourth-order valence-corrected chi connectivity index (χ4v) is 1.85. The van der Waals surface area contributed by atoms with E-state index in [-0.39, 0.29) is 0 Å². The summed E-state index contributed by atoms with van der Waals surface area (Å²) < 4.78 is 0. The third-order valence-electron chi connectivity index (χ3n) is 2.78. The molecular weight excluding hydrogens is 162 g/mol. The number of carbonyl (C=O) groups excluding carboxylic acids is 1. The number of unbranched alkanes of at least 4 members (excludes halogenated alkanes) is 1. The number of nitrogens with one attached hydrogen (secondary N) is 1. The summed E-state index contributed by atoms with van der Waals surface area (Å²) in [5, 5.41) is 3.37. The smallest absolute Gasteiger partial charge is 0.137 e. The lowest BCUT2D eigenvalue weighted by Crippen LogP contribution is -2.31. The third kappa shape index (κ3) is 3.90. The summed E-state index contributed by atoms with van der Waals surface area (Å²) in [6.45, 7) is 4.17. The van der Waals surface area contributed by atoms with Gasteiger partial charge >= 0.3 is 0 Å². The van der Waals surface area contributed by atoms with Gasteiger partial charge in [0, 0.05) is 18.9 Å². The van der Waals surface area contributed by atoms with Gasteiger partial charge in [-0.1, -0.05) is 19.8 Å². The molecule has 0 bridgehead atoms. The number of Topliss-reactive ketones (excluding diaryl/α,β-unsaturated/α-hetero) is 1. The number of hydrogen-bond donors (Lipinski definition) is 1. The molecule has 0 aliphatic heterocycles. The quantitative estimate of drug-likeness (QED) is 0.662. The van der Waals surface area contributed by atoms with E-state index in [1.165, 1.54) is 19.3 Å². The maximum Gasteiger partial charge on any atom is 0.137 e. The predicted molar refractivity (Wildman–Crippen MR) is 54.7 cm³/mol. The molecule has 0 saturated heterocycles. The van der Waals surface area contributed by atoms with Crippen LogP contribution < -0.4 is 5.32 Å². The normalized spacial score (nSPS) is 23.5. The molecule has 0 aromatic heterocycles. The van der Waals surface area contributed by atoms with Crippen molar-refractivity contribution >= 4 is 5.78 Å². The molecule has 0 aromatic carbocycles. The van der Waals surface area contributed by atoms with Gasteiger partial charge in [-0.25, -0.2) is 0 Å². The Bertz CT molecular complexity index is 156. The van der Waals surface area contributed by atoms with Crippen molar-refractivity contribution in [3.63, 3.8) is 0 Å². The van der Waals surface area contributed by atoms with Gasteiger partial charge in [0.1, 0.15) is 5.78 Å². The zero-order chi connectivity index (χ0) is 9.52. The summed E-state index contributed by atoms with van der Waals surface area (Å²) in [7, 11) is 0. The molecule has 1 atom stereocenters. The molecule has 1 unspecified atom stereocenters. The minimum atomic E-state index is 0.325. The molecule has 1 fully saturated rings. The summed E-state index contributed by atoms with van der Waals surface area (Å²) >= 11 is 0. The van der Waals surface area contributed by atoms with Gasteiger partial charge in [-0.2, -0.15) is 0 Å². The van der Waals surface area contributed by atoms with Crippen LogP contribution in [0.5, 0.6) is 0 Å². The van der Waals surface area contributed by atoms with Crippen molar-refractivity contribution in [3.05, 3.63) is 0 Å². The fourth-order valence-electron chi connectivity index (χ4n) is 1.85. The molecule has 0 heterocycles. The topological polar surface area (TPSA) is 29.1 Å². The number of carbonyl (C=O) groups is 1. The lowest BCUT2D eigenvalue weighted by Gasteiger charge is -2.20. The number of hydrogen-bond acceptors (Lipinski definition) is 2. The zero-order valence-electron chi connectivity index (χ0n) is 8.64. The monoisotopic (exact) mass is 183 g/mol. The largest absolute Gasteiger partial charge is 0.316 e. The van der Waals surface area contributed by atoms with Gasteiger partial charge in [-0.3, -0.25) is 4.79 Å². The van der Waals surface area contributed by atoms with Gasteiger partial charge in [-0.05, 0) is 25.8 Å². The van der Waals surface area contributed by atoms with E-state index < -0.39 is 0 Å². The summed E-state index contributed by atoms with van der Waals surface area (Å²) in [6, 6.07) is 0. The molecule has 1 N–H and O–H groups in total. The number of rotatable bonds is 5. The van der Waals surface area contributed by atoms with Gasteiger partial charge in [0.15, 0.2) is 0 Å². The molecule has 1 aliphatic rings. The van der Waals surface area contributed by atoms with Crippen molar-refractivity contribution in [1.29, 1.82) is 0 Å². The second-order valence-corrected chi connectivity index (χ2v) is 3.97. The Hall–Kier alpha value is -0.370. The second kappa shape index (κ2) is 6.14. The summed E-state index contributed by atoms with van der Waals surface area (Å²) in [6.07, 6.45) is 6.74. The van der Waals surface area contributed by atoms with Crippen LogP contribution in [0, 0.1) is 5.92 Å². The first-order chi connectivity index (χ1) is 6.34. The van der Waals surface area contributed by atoms with Crippen LogP contribution in [-0.4, -0.2) is 18.9 Å². The fraction of sp³-hybridized carbons (Fsp3) is 0.909. The Balaban J connectivity index is 2.08. The van der Waals surface area contributed by atoms with Gasteiger partial charge in [0.25, 0.3) is 0 Å². The molecule has 0 amide bonds. The highest BCUT2D eigenvalue weighted by molar-refractivity contribution is 5.81. The van der Waals surface area contributed by atoms with Crippen LogP contribution in [0.1, 0.15) is 45.4 Å². The van der Waals surface area contributed by atoms with Crippen molar-refractivity contribution < 1.29 is 4.79 Å². The van der Waals surface area contributed by atoms with Gasteiger partial charge in [-0.15, -0.1) is 0 Å². The van der Waals surface area contributed by atoms with Crippen LogP contribution in [0.2, 0.25) is 0 Å². The molecule has 13 heavy (non-hydrogen) atoms. The van der Waals surface area contributed by atoms with Crippen molar-refractivity contribution in [2.45, 2.75) is 45.4 Å². The lowest BCUT2D eigenvalue weighted by atomic mass is 9.88. The molecular formula is C11H21NO. The zero-order valence-corrected chi connectivity index (χ0v) is 8.64.